The quantitative estimate of drug-likeness (QED) is 0.755. The largest absolute Gasteiger partial charge is 0.487 e. The van der Waals surface area contributed by atoms with E-state index in [1.807, 2.05) is 30.3 Å². The molecule has 26 heavy (non-hydrogen) atoms. The van der Waals surface area contributed by atoms with Gasteiger partial charge in [-0.25, -0.2) is 10.2 Å². The molecular formula is C19H21N3O4. The van der Waals surface area contributed by atoms with Gasteiger partial charge in [0.1, 0.15) is 18.1 Å². The Morgan fingerprint density at radius 3 is 2.96 bits per heavy atom. The third-order valence-electron chi connectivity index (χ3n) is 4.70. The molecule has 136 valence electrons. The van der Waals surface area contributed by atoms with Gasteiger partial charge < -0.3 is 14.6 Å². The van der Waals surface area contributed by atoms with Gasteiger partial charge in [-0.3, -0.25) is 10.4 Å². The number of carboxylic acids is 1. The SMILES string of the molecule is O=C(O)C1CCc2cc(COc3ccc(C4CCNN4)nc3)ccc2O1. The summed E-state index contributed by atoms with van der Waals surface area (Å²) in [5.41, 5.74) is 9.34. The fourth-order valence-corrected chi connectivity index (χ4v) is 3.26. The molecule has 3 N–H and O–H groups in total. The third-order valence-corrected chi connectivity index (χ3v) is 4.70. The smallest absolute Gasteiger partial charge is 0.344 e. The highest BCUT2D eigenvalue weighted by Gasteiger charge is 2.25. The van der Waals surface area contributed by atoms with E-state index in [0.29, 0.717) is 25.2 Å². The van der Waals surface area contributed by atoms with E-state index in [9.17, 15) is 4.79 Å². The van der Waals surface area contributed by atoms with Gasteiger partial charge in [0, 0.05) is 6.54 Å². The number of aryl methyl sites for hydroxylation is 1. The Bertz CT molecular complexity index is 788. The van der Waals surface area contributed by atoms with Gasteiger partial charge in [0.25, 0.3) is 0 Å². The van der Waals surface area contributed by atoms with Gasteiger partial charge >= 0.3 is 5.97 Å². The van der Waals surface area contributed by atoms with Gasteiger partial charge in [0.05, 0.1) is 17.9 Å². The first-order chi connectivity index (χ1) is 12.7. The average Bonchev–Trinajstić information content (AvgIpc) is 3.21. The molecule has 1 fully saturated rings. The monoisotopic (exact) mass is 355 g/mol. The predicted molar refractivity (Wildman–Crippen MR) is 93.9 cm³/mol. The number of hydrogen-bond acceptors (Lipinski definition) is 6. The number of hydrazine groups is 1. The summed E-state index contributed by atoms with van der Waals surface area (Å²) in [5, 5.41) is 9.06. The normalized spacial score (nSPS) is 21.7. The summed E-state index contributed by atoms with van der Waals surface area (Å²) in [6.07, 6.45) is 3.20. The van der Waals surface area contributed by atoms with E-state index in [4.69, 9.17) is 14.6 Å². The summed E-state index contributed by atoms with van der Waals surface area (Å²) >= 11 is 0. The minimum absolute atomic E-state index is 0.249. The number of pyridine rings is 1. The fraction of sp³-hybridized carbons (Fsp3) is 0.368. The van der Waals surface area contributed by atoms with Crippen molar-refractivity contribution in [3.63, 3.8) is 0 Å². The highest BCUT2D eigenvalue weighted by molar-refractivity contribution is 5.73. The number of nitrogens with zero attached hydrogens (tertiary/aromatic N) is 1. The second-order valence-electron chi connectivity index (χ2n) is 6.55. The summed E-state index contributed by atoms with van der Waals surface area (Å²) in [6, 6.07) is 9.90. The zero-order valence-electron chi connectivity index (χ0n) is 14.3. The highest BCUT2D eigenvalue weighted by Crippen LogP contribution is 2.29. The van der Waals surface area contributed by atoms with Crippen molar-refractivity contribution in [1.82, 2.24) is 15.8 Å². The molecule has 2 aromatic rings. The molecule has 2 atom stereocenters. The molecule has 2 unspecified atom stereocenters. The van der Waals surface area contributed by atoms with E-state index in [2.05, 4.69) is 15.8 Å². The van der Waals surface area contributed by atoms with Crippen molar-refractivity contribution in [2.24, 2.45) is 0 Å². The summed E-state index contributed by atoms with van der Waals surface area (Å²) in [6.45, 7) is 1.37. The lowest BCUT2D eigenvalue weighted by Gasteiger charge is -2.23. The summed E-state index contributed by atoms with van der Waals surface area (Å²) < 4.78 is 11.3. The molecule has 0 spiro atoms. The van der Waals surface area contributed by atoms with Crippen molar-refractivity contribution >= 4 is 5.97 Å². The lowest BCUT2D eigenvalue weighted by Crippen LogP contribution is -2.30. The van der Waals surface area contributed by atoms with Crippen LogP contribution in [-0.4, -0.2) is 28.7 Å². The van der Waals surface area contributed by atoms with Crippen molar-refractivity contribution < 1.29 is 19.4 Å². The fourth-order valence-electron chi connectivity index (χ4n) is 3.26. The molecule has 7 nitrogen and oxygen atoms in total. The number of carbonyl (C=O) groups is 1. The number of aromatic nitrogens is 1. The third kappa shape index (κ3) is 3.63. The number of rotatable bonds is 5. The Hall–Kier alpha value is -2.64. The Balaban J connectivity index is 1.37. The molecule has 4 rings (SSSR count). The maximum Gasteiger partial charge on any atom is 0.344 e. The Morgan fingerprint density at radius 1 is 1.31 bits per heavy atom. The Kier molecular flexibility index (Phi) is 4.73. The minimum Gasteiger partial charge on any atom is -0.487 e. The van der Waals surface area contributed by atoms with Gasteiger partial charge in [-0.15, -0.1) is 0 Å². The van der Waals surface area contributed by atoms with E-state index in [1.165, 1.54) is 0 Å². The van der Waals surface area contributed by atoms with Gasteiger partial charge in [0.15, 0.2) is 6.10 Å². The number of ether oxygens (including phenoxy) is 2. The van der Waals surface area contributed by atoms with E-state index in [1.54, 1.807) is 6.20 Å². The van der Waals surface area contributed by atoms with E-state index >= 15 is 0 Å². The van der Waals surface area contributed by atoms with Crippen LogP contribution in [0.2, 0.25) is 0 Å². The maximum absolute atomic E-state index is 11.0. The average molecular weight is 355 g/mol. The first-order valence-electron chi connectivity index (χ1n) is 8.77. The van der Waals surface area contributed by atoms with E-state index in [0.717, 1.165) is 35.5 Å². The molecular weight excluding hydrogens is 334 g/mol. The topological polar surface area (TPSA) is 92.7 Å². The van der Waals surface area contributed by atoms with E-state index in [-0.39, 0.29) is 6.04 Å². The molecule has 3 heterocycles. The van der Waals surface area contributed by atoms with Crippen molar-refractivity contribution in [1.29, 1.82) is 0 Å². The van der Waals surface area contributed by atoms with Crippen LogP contribution in [0.3, 0.4) is 0 Å². The number of benzene rings is 1. The van der Waals surface area contributed by atoms with Crippen molar-refractivity contribution in [2.45, 2.75) is 38.0 Å². The van der Waals surface area contributed by atoms with Crippen LogP contribution in [0.25, 0.3) is 0 Å². The standard InChI is InChI=1S/C19H21N3O4/c23-19(24)18-6-2-13-9-12(1-5-17(13)26-18)11-25-14-3-4-15(20-10-14)16-7-8-21-22-16/h1,3-5,9-10,16,18,21-22H,2,6-8,11H2,(H,23,24). The number of nitrogens with one attached hydrogen (secondary N) is 2. The van der Waals surface area contributed by atoms with Crippen LogP contribution in [-0.2, 0) is 17.8 Å². The molecule has 2 aliphatic heterocycles. The van der Waals surface area contributed by atoms with Gasteiger partial charge in [-0.2, -0.15) is 0 Å². The van der Waals surface area contributed by atoms with Crippen LogP contribution in [0.5, 0.6) is 11.5 Å². The van der Waals surface area contributed by atoms with Crippen LogP contribution in [0.4, 0.5) is 0 Å². The second kappa shape index (κ2) is 7.31. The minimum atomic E-state index is -0.914. The van der Waals surface area contributed by atoms with Crippen LogP contribution < -0.4 is 20.3 Å². The number of carboxylic acid groups (broad SMARTS) is 1. The zero-order valence-corrected chi connectivity index (χ0v) is 14.3. The number of fused-ring (bicyclic) bond motifs is 1. The molecule has 0 aliphatic carbocycles. The number of hydrogen-bond donors (Lipinski definition) is 3. The second-order valence-corrected chi connectivity index (χ2v) is 6.55. The first-order valence-corrected chi connectivity index (χ1v) is 8.77. The molecule has 2 aliphatic rings. The van der Waals surface area contributed by atoms with Crippen LogP contribution in [0.1, 0.15) is 35.7 Å². The Morgan fingerprint density at radius 2 is 2.23 bits per heavy atom. The predicted octanol–water partition coefficient (Wildman–Crippen LogP) is 1.98. The molecule has 1 aromatic heterocycles. The van der Waals surface area contributed by atoms with Crippen molar-refractivity contribution in [2.75, 3.05) is 6.54 Å². The summed E-state index contributed by atoms with van der Waals surface area (Å²) in [4.78, 5) is 15.5. The van der Waals surface area contributed by atoms with Gasteiger partial charge in [-0.05, 0) is 54.7 Å². The van der Waals surface area contributed by atoms with Crippen molar-refractivity contribution in [3.8, 4) is 11.5 Å². The lowest BCUT2D eigenvalue weighted by atomic mass is 10.00. The zero-order chi connectivity index (χ0) is 17.9. The first kappa shape index (κ1) is 16.8. The van der Waals surface area contributed by atoms with Crippen LogP contribution in [0.15, 0.2) is 36.5 Å². The molecule has 7 heteroatoms. The van der Waals surface area contributed by atoms with Crippen molar-refractivity contribution in [3.05, 3.63) is 53.3 Å². The summed E-state index contributed by atoms with van der Waals surface area (Å²) in [7, 11) is 0. The highest BCUT2D eigenvalue weighted by atomic mass is 16.5. The van der Waals surface area contributed by atoms with Crippen LogP contribution >= 0.6 is 0 Å². The molecule has 0 bridgehead atoms. The molecule has 1 aromatic carbocycles. The van der Waals surface area contributed by atoms with Crippen LogP contribution in [0, 0.1) is 0 Å². The van der Waals surface area contributed by atoms with Gasteiger partial charge in [-0.1, -0.05) is 6.07 Å². The summed E-state index contributed by atoms with van der Waals surface area (Å²) in [5.74, 6) is 0.457. The van der Waals surface area contributed by atoms with Gasteiger partial charge in [0.2, 0.25) is 0 Å². The van der Waals surface area contributed by atoms with E-state index < -0.39 is 12.1 Å². The Labute approximate surface area is 151 Å². The molecule has 0 amide bonds. The number of aliphatic carboxylic acids is 1. The molecule has 1 saturated heterocycles. The molecule has 0 saturated carbocycles. The maximum atomic E-state index is 11.0. The molecule has 0 radical (unpaired) electrons. The lowest BCUT2D eigenvalue weighted by molar-refractivity contribution is -0.145.